The lowest BCUT2D eigenvalue weighted by Crippen LogP contribution is -2.09. The van der Waals surface area contributed by atoms with Gasteiger partial charge in [-0.2, -0.15) is 0 Å². The Morgan fingerprint density at radius 3 is 2.63 bits per heavy atom. The molecule has 0 atom stereocenters. The smallest absolute Gasteiger partial charge is 0.345 e. The molecule has 138 valence electrons. The zero-order chi connectivity index (χ0) is 19.4. The van der Waals surface area contributed by atoms with Crippen molar-refractivity contribution in [3.8, 4) is 16.3 Å². The molecule has 0 bridgehead atoms. The first kappa shape index (κ1) is 18.5. The summed E-state index contributed by atoms with van der Waals surface area (Å²) in [6.45, 7) is 1.52. The number of hydrogen-bond donors (Lipinski definition) is 0. The molecule has 27 heavy (non-hydrogen) atoms. The number of para-hydroxylation sites is 1. The summed E-state index contributed by atoms with van der Waals surface area (Å²) in [4.78, 5) is 27.4. The predicted octanol–water partition coefficient (Wildman–Crippen LogP) is 4.39. The Balaban J connectivity index is 1.71. The SMILES string of the molecule is COc1ccc(-c2nc(COC(=O)c3cccc(C)c3[N+](=O)[O-])cs2)cc1. The van der Waals surface area contributed by atoms with Gasteiger partial charge >= 0.3 is 5.97 Å². The normalized spacial score (nSPS) is 10.4. The highest BCUT2D eigenvalue weighted by Crippen LogP contribution is 2.27. The monoisotopic (exact) mass is 384 g/mol. The van der Waals surface area contributed by atoms with Crippen molar-refractivity contribution in [2.24, 2.45) is 0 Å². The number of aromatic nitrogens is 1. The first-order chi connectivity index (χ1) is 13.0. The van der Waals surface area contributed by atoms with Crippen molar-refractivity contribution in [3.05, 3.63) is 74.8 Å². The van der Waals surface area contributed by atoms with E-state index in [0.717, 1.165) is 16.3 Å². The molecular formula is C19H16N2O5S. The second-order valence-electron chi connectivity index (χ2n) is 5.68. The minimum absolute atomic E-state index is 0.0589. The minimum Gasteiger partial charge on any atom is -0.497 e. The van der Waals surface area contributed by atoms with Crippen LogP contribution in [0.3, 0.4) is 0 Å². The highest BCUT2D eigenvalue weighted by atomic mass is 32.1. The third-order valence-electron chi connectivity index (χ3n) is 3.88. The molecule has 3 aromatic rings. The van der Waals surface area contributed by atoms with Crippen LogP contribution in [0.5, 0.6) is 5.75 Å². The molecule has 7 nitrogen and oxygen atoms in total. The summed E-state index contributed by atoms with van der Waals surface area (Å²) in [5.41, 5.74) is 1.61. The van der Waals surface area contributed by atoms with Crippen LogP contribution >= 0.6 is 11.3 Å². The van der Waals surface area contributed by atoms with E-state index < -0.39 is 10.9 Å². The average Bonchev–Trinajstić information content (AvgIpc) is 3.14. The molecule has 0 aliphatic heterocycles. The Morgan fingerprint density at radius 1 is 1.22 bits per heavy atom. The van der Waals surface area contributed by atoms with E-state index in [0.29, 0.717) is 11.3 Å². The van der Waals surface area contributed by atoms with Crippen LogP contribution in [0.15, 0.2) is 47.8 Å². The summed E-state index contributed by atoms with van der Waals surface area (Å²) in [5, 5.41) is 13.8. The van der Waals surface area contributed by atoms with E-state index in [1.807, 2.05) is 24.3 Å². The van der Waals surface area contributed by atoms with Crippen LogP contribution in [0.25, 0.3) is 10.6 Å². The van der Waals surface area contributed by atoms with Gasteiger partial charge in [-0.05, 0) is 37.3 Å². The molecule has 0 saturated carbocycles. The summed E-state index contributed by atoms with van der Waals surface area (Å²) in [6.07, 6.45) is 0. The Labute approximate surface area is 159 Å². The standard InChI is InChI=1S/C19H16N2O5S/c1-12-4-3-5-16(17(12)21(23)24)19(22)26-10-14-11-27-18(20-14)13-6-8-15(25-2)9-7-13/h3-9,11H,10H2,1-2H3. The highest BCUT2D eigenvalue weighted by molar-refractivity contribution is 7.13. The fourth-order valence-electron chi connectivity index (χ4n) is 2.52. The molecule has 0 saturated heterocycles. The second kappa shape index (κ2) is 7.96. The van der Waals surface area contributed by atoms with Crippen molar-refractivity contribution in [3.63, 3.8) is 0 Å². The van der Waals surface area contributed by atoms with Crippen LogP contribution in [0.4, 0.5) is 5.69 Å². The van der Waals surface area contributed by atoms with Gasteiger partial charge in [-0.15, -0.1) is 11.3 Å². The van der Waals surface area contributed by atoms with E-state index in [4.69, 9.17) is 9.47 Å². The Kier molecular flexibility index (Phi) is 5.46. The van der Waals surface area contributed by atoms with E-state index in [9.17, 15) is 14.9 Å². The molecule has 0 N–H and O–H groups in total. The van der Waals surface area contributed by atoms with Gasteiger partial charge < -0.3 is 9.47 Å². The second-order valence-corrected chi connectivity index (χ2v) is 6.53. The maximum absolute atomic E-state index is 12.3. The highest BCUT2D eigenvalue weighted by Gasteiger charge is 2.23. The minimum atomic E-state index is -0.746. The number of nitro benzene ring substituents is 1. The molecule has 0 aliphatic carbocycles. The zero-order valence-electron chi connectivity index (χ0n) is 14.7. The fourth-order valence-corrected chi connectivity index (χ4v) is 3.33. The van der Waals surface area contributed by atoms with Gasteiger partial charge in [0.1, 0.15) is 22.9 Å². The van der Waals surface area contributed by atoms with Crippen LogP contribution in [-0.4, -0.2) is 23.0 Å². The van der Waals surface area contributed by atoms with Gasteiger partial charge in [-0.1, -0.05) is 12.1 Å². The lowest BCUT2D eigenvalue weighted by Gasteiger charge is -2.05. The van der Waals surface area contributed by atoms with Crippen molar-refractivity contribution in [2.45, 2.75) is 13.5 Å². The molecule has 8 heteroatoms. The van der Waals surface area contributed by atoms with Gasteiger partial charge in [-0.25, -0.2) is 9.78 Å². The zero-order valence-corrected chi connectivity index (χ0v) is 15.5. The van der Waals surface area contributed by atoms with E-state index in [2.05, 4.69) is 4.98 Å². The quantitative estimate of drug-likeness (QED) is 0.355. The third kappa shape index (κ3) is 4.12. The first-order valence-corrected chi connectivity index (χ1v) is 8.87. The molecule has 2 aromatic carbocycles. The Bertz CT molecular complexity index is 982. The number of aryl methyl sites for hydroxylation is 1. The summed E-state index contributed by atoms with van der Waals surface area (Å²) >= 11 is 1.42. The summed E-state index contributed by atoms with van der Waals surface area (Å²) in [7, 11) is 1.60. The summed E-state index contributed by atoms with van der Waals surface area (Å²) < 4.78 is 10.4. The van der Waals surface area contributed by atoms with Gasteiger partial charge in [0.25, 0.3) is 5.69 Å². The maximum atomic E-state index is 12.3. The number of rotatable bonds is 6. The molecule has 3 rings (SSSR count). The topological polar surface area (TPSA) is 91.6 Å². The number of methoxy groups -OCH3 is 1. The maximum Gasteiger partial charge on any atom is 0.345 e. The van der Waals surface area contributed by atoms with Crippen molar-refractivity contribution < 1.29 is 19.2 Å². The van der Waals surface area contributed by atoms with E-state index >= 15 is 0 Å². The largest absolute Gasteiger partial charge is 0.497 e. The first-order valence-electron chi connectivity index (χ1n) is 7.99. The average molecular weight is 384 g/mol. The van der Waals surface area contributed by atoms with Crippen LogP contribution in [0.1, 0.15) is 21.6 Å². The van der Waals surface area contributed by atoms with Gasteiger partial charge in [0.2, 0.25) is 0 Å². The Hall–Kier alpha value is -3.26. The number of thiazole rings is 1. The van der Waals surface area contributed by atoms with E-state index in [1.165, 1.54) is 17.4 Å². The fraction of sp³-hybridized carbons (Fsp3) is 0.158. The van der Waals surface area contributed by atoms with Gasteiger partial charge in [0.15, 0.2) is 0 Å². The number of hydrogen-bond acceptors (Lipinski definition) is 7. The van der Waals surface area contributed by atoms with Crippen molar-refractivity contribution in [1.29, 1.82) is 0 Å². The molecule has 1 aromatic heterocycles. The number of carbonyl (C=O) groups is 1. The number of carbonyl (C=O) groups excluding carboxylic acids is 1. The van der Waals surface area contributed by atoms with Crippen molar-refractivity contribution >= 4 is 23.0 Å². The lowest BCUT2D eigenvalue weighted by atomic mass is 10.1. The van der Waals surface area contributed by atoms with E-state index in [1.54, 1.807) is 31.5 Å². The molecule has 0 amide bonds. The molecule has 0 unspecified atom stereocenters. The van der Waals surface area contributed by atoms with Crippen molar-refractivity contribution in [1.82, 2.24) is 4.98 Å². The van der Waals surface area contributed by atoms with Gasteiger partial charge in [0.05, 0.1) is 17.7 Å². The predicted molar refractivity (Wildman–Crippen MR) is 101 cm³/mol. The number of nitrogens with zero attached hydrogens (tertiary/aromatic N) is 2. The van der Waals surface area contributed by atoms with E-state index in [-0.39, 0.29) is 17.9 Å². The molecular weight excluding hydrogens is 368 g/mol. The van der Waals surface area contributed by atoms with Crippen LogP contribution in [-0.2, 0) is 11.3 Å². The third-order valence-corrected chi connectivity index (χ3v) is 4.82. The molecule has 0 aliphatic rings. The van der Waals surface area contributed by atoms with Crippen LogP contribution < -0.4 is 4.74 Å². The number of esters is 1. The molecule has 0 spiro atoms. The molecule has 1 heterocycles. The lowest BCUT2D eigenvalue weighted by molar-refractivity contribution is -0.385. The molecule has 0 fully saturated rings. The van der Waals surface area contributed by atoms with Crippen LogP contribution in [0.2, 0.25) is 0 Å². The molecule has 0 radical (unpaired) electrons. The van der Waals surface area contributed by atoms with Crippen LogP contribution in [0, 0.1) is 17.0 Å². The van der Waals surface area contributed by atoms with Gasteiger partial charge in [0, 0.05) is 16.5 Å². The summed E-state index contributed by atoms with van der Waals surface area (Å²) in [5.74, 6) is 0.00797. The number of nitro groups is 1. The van der Waals surface area contributed by atoms with Gasteiger partial charge in [-0.3, -0.25) is 10.1 Å². The number of ether oxygens (including phenoxy) is 2. The Morgan fingerprint density at radius 2 is 1.96 bits per heavy atom. The number of benzene rings is 2. The summed E-state index contributed by atoms with van der Waals surface area (Å²) in [6, 6.07) is 12.0. The van der Waals surface area contributed by atoms with Crippen molar-refractivity contribution in [2.75, 3.05) is 7.11 Å².